The van der Waals surface area contributed by atoms with Crippen LogP contribution in [0.25, 0.3) is 22.3 Å². The normalized spacial score (nSPS) is 19.3. The molecule has 0 bridgehead atoms. The number of nitrogens with two attached hydrogens (primary N) is 1. The number of nitrogens with one attached hydrogen (secondary N) is 1. The number of pyridine rings is 1. The van der Waals surface area contributed by atoms with Gasteiger partial charge in [-0.1, -0.05) is 0 Å². The van der Waals surface area contributed by atoms with Crippen molar-refractivity contribution >= 4 is 11.0 Å². The molecular formula is C28H34F4N10O. The number of piperidine rings is 1. The van der Waals surface area contributed by atoms with Crippen molar-refractivity contribution in [1.29, 1.82) is 0 Å². The van der Waals surface area contributed by atoms with E-state index in [1.807, 2.05) is 23.1 Å². The molecule has 230 valence electrons. The lowest BCUT2D eigenvalue weighted by atomic mass is 9.86. The summed E-state index contributed by atoms with van der Waals surface area (Å²) in [5.41, 5.74) is 6.31. The standard InChI is InChI=1S/C28H34F4N10O/c1-39(2)12-18-9-21(22(29)24(38-18)28(30,31)32)26(43)40-7-4-19(5-8-40)41-14-27(13-33,15-41)42-11-17(10-37-42)23-20-3-6-34-25(20)36-16-35-23/h3,6,9-11,16,19,26,43H,4-5,7-8,12-15,33H2,1-2H3,(H,34,35,36). The molecule has 6 rings (SSSR count). The van der Waals surface area contributed by atoms with E-state index in [1.54, 1.807) is 30.1 Å². The molecule has 0 radical (unpaired) electrons. The average molecular weight is 603 g/mol. The van der Waals surface area contributed by atoms with Gasteiger partial charge in [0, 0.05) is 74.2 Å². The van der Waals surface area contributed by atoms with Crippen LogP contribution in [0.4, 0.5) is 17.6 Å². The monoisotopic (exact) mass is 602 g/mol. The lowest BCUT2D eigenvalue weighted by Gasteiger charge is -2.54. The Kier molecular flexibility index (Phi) is 7.71. The van der Waals surface area contributed by atoms with Gasteiger partial charge in [-0.15, -0.1) is 0 Å². The first-order valence-electron chi connectivity index (χ1n) is 14.1. The molecular weight excluding hydrogens is 568 g/mol. The molecule has 2 saturated heterocycles. The van der Waals surface area contributed by atoms with Crippen molar-refractivity contribution in [3.05, 3.63) is 59.8 Å². The van der Waals surface area contributed by atoms with Gasteiger partial charge in [0.25, 0.3) is 0 Å². The van der Waals surface area contributed by atoms with E-state index in [4.69, 9.17) is 5.73 Å². The molecule has 4 aromatic rings. The van der Waals surface area contributed by atoms with Crippen LogP contribution >= 0.6 is 0 Å². The highest BCUT2D eigenvalue weighted by molar-refractivity contribution is 5.90. The van der Waals surface area contributed by atoms with E-state index in [9.17, 15) is 22.7 Å². The predicted octanol–water partition coefficient (Wildman–Crippen LogP) is 2.56. The zero-order valence-corrected chi connectivity index (χ0v) is 23.9. The molecule has 2 fully saturated rings. The van der Waals surface area contributed by atoms with Crippen molar-refractivity contribution in [3.8, 4) is 11.3 Å². The topological polar surface area (TPSA) is 128 Å². The highest BCUT2D eigenvalue weighted by atomic mass is 19.4. The summed E-state index contributed by atoms with van der Waals surface area (Å²) in [6, 6.07) is 3.35. The van der Waals surface area contributed by atoms with E-state index in [1.165, 1.54) is 12.4 Å². The fourth-order valence-electron chi connectivity index (χ4n) is 6.22. The van der Waals surface area contributed by atoms with Gasteiger partial charge in [-0.05, 0) is 39.1 Å². The zero-order chi connectivity index (χ0) is 30.5. The van der Waals surface area contributed by atoms with Gasteiger partial charge in [-0.3, -0.25) is 14.5 Å². The maximum Gasteiger partial charge on any atom is 0.436 e. The molecule has 0 aliphatic carbocycles. The molecule has 0 aromatic carbocycles. The Morgan fingerprint density at radius 3 is 2.63 bits per heavy atom. The summed E-state index contributed by atoms with van der Waals surface area (Å²) in [5.74, 6) is -1.53. The third-order valence-electron chi connectivity index (χ3n) is 8.50. The lowest BCUT2D eigenvalue weighted by molar-refractivity contribution is -0.144. The number of H-pyrrole nitrogens is 1. The van der Waals surface area contributed by atoms with Crippen LogP contribution in [0.1, 0.15) is 36.0 Å². The number of aliphatic hydroxyl groups excluding tert-OH is 1. The largest absolute Gasteiger partial charge is 0.436 e. The summed E-state index contributed by atoms with van der Waals surface area (Å²) in [4.78, 5) is 20.9. The minimum atomic E-state index is -4.97. The fraction of sp³-hybridized carbons (Fsp3) is 0.500. The number of fused-ring (bicyclic) bond motifs is 1. The molecule has 2 aliphatic heterocycles. The maximum absolute atomic E-state index is 15.0. The van der Waals surface area contributed by atoms with Gasteiger partial charge >= 0.3 is 6.18 Å². The summed E-state index contributed by atoms with van der Waals surface area (Å²) in [7, 11) is 3.36. The number of hydrogen-bond acceptors (Lipinski definition) is 9. The Morgan fingerprint density at radius 2 is 1.95 bits per heavy atom. The molecule has 1 atom stereocenters. The van der Waals surface area contributed by atoms with Gasteiger partial charge in [0.15, 0.2) is 11.5 Å². The van der Waals surface area contributed by atoms with Gasteiger partial charge in [0.1, 0.15) is 23.7 Å². The van der Waals surface area contributed by atoms with Crippen molar-refractivity contribution in [3.63, 3.8) is 0 Å². The Balaban J connectivity index is 1.11. The number of rotatable bonds is 8. The molecule has 0 spiro atoms. The van der Waals surface area contributed by atoms with Crippen LogP contribution in [-0.4, -0.2) is 102 Å². The van der Waals surface area contributed by atoms with Crippen LogP contribution in [0.3, 0.4) is 0 Å². The number of aromatic nitrogens is 6. The third kappa shape index (κ3) is 5.51. The number of halogens is 4. The Hall–Kier alpha value is -3.50. The zero-order valence-electron chi connectivity index (χ0n) is 23.9. The van der Waals surface area contributed by atoms with E-state index < -0.39 is 29.5 Å². The second-order valence-electron chi connectivity index (χ2n) is 11.7. The van der Waals surface area contributed by atoms with Crippen LogP contribution in [-0.2, 0) is 18.3 Å². The van der Waals surface area contributed by atoms with Gasteiger partial charge in [0.05, 0.1) is 17.6 Å². The molecule has 0 amide bonds. The number of nitrogens with zero attached hydrogens (tertiary/aromatic N) is 8. The molecule has 11 nitrogen and oxygen atoms in total. The van der Waals surface area contributed by atoms with Gasteiger partial charge < -0.3 is 20.7 Å². The number of aromatic amines is 1. The van der Waals surface area contributed by atoms with Crippen molar-refractivity contribution in [2.75, 3.05) is 46.8 Å². The Bertz CT molecular complexity index is 1590. The first kappa shape index (κ1) is 29.6. The van der Waals surface area contributed by atoms with E-state index in [0.29, 0.717) is 45.6 Å². The van der Waals surface area contributed by atoms with Gasteiger partial charge in [-0.2, -0.15) is 18.3 Å². The average Bonchev–Trinajstić information content (AvgIpc) is 3.63. The number of likely N-dealkylation sites (tertiary alicyclic amines) is 2. The first-order chi connectivity index (χ1) is 20.5. The Labute approximate surface area is 245 Å². The molecule has 4 N–H and O–H groups in total. The van der Waals surface area contributed by atoms with E-state index in [-0.39, 0.29) is 23.8 Å². The second-order valence-corrected chi connectivity index (χ2v) is 11.7. The molecule has 43 heavy (non-hydrogen) atoms. The quantitative estimate of drug-likeness (QED) is 0.261. The number of hydrogen-bond donors (Lipinski definition) is 3. The molecule has 1 unspecified atom stereocenters. The highest BCUT2D eigenvalue weighted by Gasteiger charge is 2.48. The fourth-order valence-corrected chi connectivity index (χ4v) is 6.22. The van der Waals surface area contributed by atoms with Crippen LogP contribution in [0.5, 0.6) is 0 Å². The summed E-state index contributed by atoms with van der Waals surface area (Å²) in [6.07, 6.45) is 1.91. The summed E-state index contributed by atoms with van der Waals surface area (Å²) in [6.45, 7) is 2.64. The molecule has 6 heterocycles. The minimum absolute atomic E-state index is 0.0420. The van der Waals surface area contributed by atoms with E-state index in [0.717, 1.165) is 22.3 Å². The summed E-state index contributed by atoms with van der Waals surface area (Å²) < 4.78 is 57.6. The van der Waals surface area contributed by atoms with Crippen molar-refractivity contribution < 1.29 is 22.7 Å². The van der Waals surface area contributed by atoms with Crippen LogP contribution in [0.15, 0.2) is 37.1 Å². The third-order valence-corrected chi connectivity index (χ3v) is 8.50. The maximum atomic E-state index is 15.0. The van der Waals surface area contributed by atoms with Crippen molar-refractivity contribution in [2.24, 2.45) is 5.73 Å². The second kappa shape index (κ2) is 11.2. The molecule has 0 saturated carbocycles. The number of aliphatic hydroxyl groups is 1. The smallest absolute Gasteiger partial charge is 0.374 e. The van der Waals surface area contributed by atoms with Gasteiger partial charge in [0.2, 0.25) is 0 Å². The number of alkyl halides is 3. The lowest BCUT2D eigenvalue weighted by Crippen LogP contribution is -2.69. The van der Waals surface area contributed by atoms with Crippen molar-refractivity contribution in [2.45, 2.75) is 43.4 Å². The summed E-state index contributed by atoms with van der Waals surface area (Å²) >= 11 is 0. The van der Waals surface area contributed by atoms with E-state index >= 15 is 0 Å². The summed E-state index contributed by atoms with van der Waals surface area (Å²) in [5, 5.41) is 16.5. The van der Waals surface area contributed by atoms with Crippen molar-refractivity contribution in [1.82, 2.24) is 44.4 Å². The first-order valence-corrected chi connectivity index (χ1v) is 14.1. The molecule has 4 aromatic heterocycles. The van der Waals surface area contributed by atoms with Crippen LogP contribution in [0.2, 0.25) is 0 Å². The highest BCUT2D eigenvalue weighted by Crippen LogP contribution is 2.37. The van der Waals surface area contributed by atoms with E-state index in [2.05, 4.69) is 29.9 Å². The Morgan fingerprint density at radius 1 is 1.21 bits per heavy atom. The predicted molar refractivity (Wildman–Crippen MR) is 150 cm³/mol. The molecule has 2 aliphatic rings. The van der Waals surface area contributed by atoms with Gasteiger partial charge in [-0.25, -0.2) is 19.3 Å². The minimum Gasteiger partial charge on any atom is -0.374 e. The molecule has 15 heteroatoms. The van der Waals surface area contributed by atoms with Crippen LogP contribution in [0, 0.1) is 5.82 Å². The SMILES string of the molecule is CN(C)Cc1cc(C(O)N2CCC(N3CC(CN)(n4cc(-c5ncnc6[nH]ccc56)cn4)C3)CC2)c(F)c(C(F)(F)F)n1. The van der Waals surface area contributed by atoms with Crippen LogP contribution < -0.4 is 5.73 Å².